The predicted molar refractivity (Wildman–Crippen MR) is 77.6 cm³/mol. The summed E-state index contributed by atoms with van der Waals surface area (Å²) < 4.78 is 0. The number of hydrogen-bond donors (Lipinski definition) is 1. The number of hydrogen-bond acceptors (Lipinski definition) is 1. The van der Waals surface area contributed by atoms with Crippen molar-refractivity contribution < 1.29 is 5.11 Å². The zero-order valence-electron chi connectivity index (χ0n) is 11.1. The molecule has 0 amide bonds. The van der Waals surface area contributed by atoms with E-state index in [4.69, 9.17) is 11.6 Å². The van der Waals surface area contributed by atoms with Crippen LogP contribution in [0.5, 0.6) is 0 Å². The van der Waals surface area contributed by atoms with Gasteiger partial charge in [0.15, 0.2) is 0 Å². The molecule has 2 heteroatoms. The molecule has 17 heavy (non-hydrogen) atoms. The van der Waals surface area contributed by atoms with E-state index in [9.17, 15) is 5.11 Å². The topological polar surface area (TPSA) is 20.2 Å². The first-order chi connectivity index (χ1) is 8.31. The Morgan fingerprint density at radius 1 is 0.941 bits per heavy atom. The molecule has 1 unspecified atom stereocenters. The number of aliphatic hydroxyl groups is 1. The maximum Gasteiger partial charge on any atom is 0.0609 e. The Balaban J connectivity index is 3.38. The second kappa shape index (κ2) is 13.8. The molecule has 0 spiro atoms. The third-order valence-corrected chi connectivity index (χ3v) is 2.90. The normalized spacial score (nSPS) is 13.8. The molecule has 0 aliphatic heterocycles. The van der Waals surface area contributed by atoms with Crippen LogP contribution in [0.2, 0.25) is 0 Å². The van der Waals surface area contributed by atoms with Crippen molar-refractivity contribution in [2.45, 2.75) is 64.4 Å². The first kappa shape index (κ1) is 16.7. The van der Waals surface area contributed by atoms with Gasteiger partial charge in [-0.1, -0.05) is 44.1 Å². The zero-order chi connectivity index (χ0) is 12.8. The Bertz CT molecular complexity index is 199. The van der Waals surface area contributed by atoms with Gasteiger partial charge in [0.1, 0.15) is 0 Å². The molecule has 0 saturated carbocycles. The van der Waals surface area contributed by atoms with Crippen LogP contribution >= 0.6 is 11.6 Å². The van der Waals surface area contributed by atoms with Crippen LogP contribution in [0.4, 0.5) is 0 Å². The summed E-state index contributed by atoms with van der Waals surface area (Å²) in [6, 6.07) is 0. The lowest BCUT2D eigenvalue weighted by atomic mass is 10.1. The molecular formula is C15H27ClO. The van der Waals surface area contributed by atoms with Crippen LogP contribution in [0.15, 0.2) is 24.3 Å². The van der Waals surface area contributed by atoms with Crippen molar-refractivity contribution >= 4 is 11.6 Å². The summed E-state index contributed by atoms with van der Waals surface area (Å²) in [6.45, 7) is 2.21. The van der Waals surface area contributed by atoms with Crippen LogP contribution < -0.4 is 0 Å². The van der Waals surface area contributed by atoms with E-state index in [2.05, 4.69) is 31.2 Å². The second-order valence-corrected chi connectivity index (χ2v) is 4.77. The van der Waals surface area contributed by atoms with Gasteiger partial charge >= 0.3 is 0 Å². The molecule has 0 aliphatic rings. The quantitative estimate of drug-likeness (QED) is 0.319. The summed E-state index contributed by atoms with van der Waals surface area (Å²) in [5, 5.41) is 9.68. The Labute approximate surface area is 112 Å². The third-order valence-electron chi connectivity index (χ3n) is 2.63. The number of halogens is 1. The number of aliphatic hydroxyl groups excluding tert-OH is 1. The van der Waals surface area contributed by atoms with Gasteiger partial charge in [-0.2, -0.15) is 0 Å². The highest BCUT2D eigenvalue weighted by Gasteiger charge is 1.97. The maximum atomic E-state index is 9.68. The average molecular weight is 259 g/mol. The molecule has 0 radical (unpaired) electrons. The minimum atomic E-state index is -0.232. The fourth-order valence-corrected chi connectivity index (χ4v) is 1.70. The monoisotopic (exact) mass is 258 g/mol. The Morgan fingerprint density at radius 2 is 1.53 bits per heavy atom. The molecule has 1 N–H and O–H groups in total. The van der Waals surface area contributed by atoms with E-state index in [1.807, 2.05) is 0 Å². The first-order valence-corrected chi connectivity index (χ1v) is 7.38. The van der Waals surface area contributed by atoms with E-state index >= 15 is 0 Å². The average Bonchev–Trinajstić information content (AvgIpc) is 2.33. The lowest BCUT2D eigenvalue weighted by molar-refractivity contribution is 0.181. The van der Waals surface area contributed by atoms with Crippen molar-refractivity contribution in [2.24, 2.45) is 0 Å². The van der Waals surface area contributed by atoms with E-state index in [1.54, 1.807) is 0 Å². The van der Waals surface area contributed by atoms with Gasteiger partial charge in [-0.05, 0) is 38.5 Å². The molecule has 0 aliphatic carbocycles. The van der Waals surface area contributed by atoms with Crippen LogP contribution in [-0.2, 0) is 0 Å². The fourth-order valence-electron chi connectivity index (χ4n) is 1.55. The van der Waals surface area contributed by atoms with Gasteiger partial charge in [0.2, 0.25) is 0 Å². The van der Waals surface area contributed by atoms with Gasteiger partial charge in [-0.25, -0.2) is 0 Å². The van der Waals surface area contributed by atoms with Gasteiger partial charge in [0.25, 0.3) is 0 Å². The van der Waals surface area contributed by atoms with Crippen molar-refractivity contribution in [3.63, 3.8) is 0 Å². The Kier molecular flexibility index (Phi) is 13.6. The summed E-state index contributed by atoms with van der Waals surface area (Å²) in [4.78, 5) is 0. The van der Waals surface area contributed by atoms with E-state index in [0.29, 0.717) is 5.88 Å². The molecule has 0 aromatic heterocycles. The molecule has 0 fully saturated rings. The predicted octanol–water partition coefficient (Wildman–Crippen LogP) is 4.84. The molecule has 0 heterocycles. The molecule has 0 saturated heterocycles. The highest BCUT2D eigenvalue weighted by atomic mass is 35.5. The summed E-state index contributed by atoms with van der Waals surface area (Å²) in [6.07, 6.45) is 16.8. The highest BCUT2D eigenvalue weighted by Crippen LogP contribution is 2.04. The fraction of sp³-hybridized carbons (Fsp3) is 0.733. The van der Waals surface area contributed by atoms with E-state index in [-0.39, 0.29) is 6.10 Å². The van der Waals surface area contributed by atoms with Crippen LogP contribution in [0.1, 0.15) is 58.3 Å². The van der Waals surface area contributed by atoms with Gasteiger partial charge in [-0.15, -0.1) is 11.6 Å². The number of allylic oxidation sites excluding steroid dienone is 2. The lowest BCUT2D eigenvalue weighted by Crippen LogP contribution is -2.02. The standard InChI is InChI=1S/C15H27ClO/c1-2-3-4-5-6-9-12-15(17)13-10-7-8-11-14-16/h6-7,9-10,15,17H,2-5,8,11-14H2,1H3/b9-6+,10-7+. The molecular weight excluding hydrogens is 232 g/mol. The molecule has 100 valence electrons. The number of unbranched alkanes of at least 4 members (excludes halogenated alkanes) is 4. The third kappa shape index (κ3) is 13.7. The Morgan fingerprint density at radius 3 is 2.06 bits per heavy atom. The lowest BCUT2D eigenvalue weighted by Gasteiger charge is -2.03. The highest BCUT2D eigenvalue weighted by molar-refractivity contribution is 6.17. The second-order valence-electron chi connectivity index (χ2n) is 4.40. The number of rotatable bonds is 11. The van der Waals surface area contributed by atoms with Crippen LogP contribution in [0.25, 0.3) is 0 Å². The SMILES string of the molecule is CCCCC/C=C/CC(O)C/C=C/CCCCl. The van der Waals surface area contributed by atoms with Crippen LogP contribution in [0.3, 0.4) is 0 Å². The van der Waals surface area contributed by atoms with Crippen LogP contribution in [-0.4, -0.2) is 17.1 Å². The summed E-state index contributed by atoms with van der Waals surface area (Å²) >= 11 is 5.57. The molecule has 1 nitrogen and oxygen atoms in total. The van der Waals surface area contributed by atoms with Crippen molar-refractivity contribution in [2.75, 3.05) is 5.88 Å². The van der Waals surface area contributed by atoms with Gasteiger partial charge in [0.05, 0.1) is 6.10 Å². The largest absolute Gasteiger partial charge is 0.392 e. The minimum Gasteiger partial charge on any atom is -0.392 e. The Hall–Kier alpha value is -0.270. The van der Waals surface area contributed by atoms with Gasteiger partial charge in [0, 0.05) is 5.88 Å². The maximum absolute atomic E-state index is 9.68. The van der Waals surface area contributed by atoms with E-state index < -0.39 is 0 Å². The molecule has 0 bridgehead atoms. The van der Waals surface area contributed by atoms with Crippen molar-refractivity contribution in [3.05, 3.63) is 24.3 Å². The summed E-state index contributed by atoms with van der Waals surface area (Å²) in [7, 11) is 0. The van der Waals surface area contributed by atoms with E-state index in [1.165, 1.54) is 19.3 Å². The molecule has 0 aromatic carbocycles. The zero-order valence-corrected chi connectivity index (χ0v) is 11.8. The first-order valence-electron chi connectivity index (χ1n) is 6.85. The van der Waals surface area contributed by atoms with Crippen molar-refractivity contribution in [1.82, 2.24) is 0 Å². The van der Waals surface area contributed by atoms with Crippen molar-refractivity contribution in [3.8, 4) is 0 Å². The summed E-state index contributed by atoms with van der Waals surface area (Å²) in [5.74, 6) is 0.716. The molecule has 1 atom stereocenters. The van der Waals surface area contributed by atoms with Crippen LogP contribution in [0, 0.1) is 0 Å². The van der Waals surface area contributed by atoms with Gasteiger partial charge in [-0.3, -0.25) is 0 Å². The summed E-state index contributed by atoms with van der Waals surface area (Å²) in [5.41, 5.74) is 0. The molecule has 0 aromatic rings. The van der Waals surface area contributed by atoms with E-state index in [0.717, 1.165) is 32.1 Å². The van der Waals surface area contributed by atoms with Crippen molar-refractivity contribution in [1.29, 1.82) is 0 Å². The molecule has 0 rings (SSSR count). The minimum absolute atomic E-state index is 0.232. The van der Waals surface area contributed by atoms with Gasteiger partial charge < -0.3 is 5.11 Å². The number of alkyl halides is 1. The smallest absolute Gasteiger partial charge is 0.0609 e.